The van der Waals surface area contributed by atoms with Crippen molar-refractivity contribution in [3.8, 4) is 0 Å². The van der Waals surface area contributed by atoms with E-state index in [1.807, 2.05) is 6.08 Å². The Morgan fingerprint density at radius 2 is 2.13 bits per heavy atom. The summed E-state index contributed by atoms with van der Waals surface area (Å²) in [7, 11) is 0. The summed E-state index contributed by atoms with van der Waals surface area (Å²) in [5.41, 5.74) is 4.90. The Bertz CT molecular complexity index is 1130. The molecule has 3 heterocycles. The van der Waals surface area contributed by atoms with E-state index < -0.39 is 0 Å². The minimum absolute atomic E-state index is 0.249. The second kappa shape index (κ2) is 6.73. The second-order valence-corrected chi connectivity index (χ2v) is 10.0. The van der Waals surface area contributed by atoms with Crippen molar-refractivity contribution >= 4 is 24.3 Å². The van der Waals surface area contributed by atoms with E-state index in [1.54, 1.807) is 6.92 Å². The fourth-order valence-corrected chi connectivity index (χ4v) is 6.15. The number of rotatable bonds is 5. The quantitative estimate of drug-likeness (QED) is 0.380. The molecule has 0 radical (unpaired) electrons. The number of likely N-dealkylation sites (tertiary alicyclic amines) is 1. The largest absolute Gasteiger partial charge is 0.365 e. The first-order valence-electron chi connectivity index (χ1n) is 11.2. The number of anilines is 1. The molecule has 1 spiro atoms. The first-order chi connectivity index (χ1) is 14.9. The number of nitrogens with one attached hydrogen (secondary N) is 2. The van der Waals surface area contributed by atoms with Gasteiger partial charge in [-0.15, -0.1) is 17.7 Å². The Hall–Kier alpha value is -2.54. The molecule has 6 nitrogen and oxygen atoms in total. The zero-order valence-electron chi connectivity index (χ0n) is 18.0. The summed E-state index contributed by atoms with van der Waals surface area (Å²) in [6, 6.07) is 9.16. The highest BCUT2D eigenvalue weighted by molar-refractivity contribution is 7.84. The molecule has 6 rings (SSSR count). The van der Waals surface area contributed by atoms with Gasteiger partial charge < -0.3 is 15.6 Å². The maximum Gasteiger partial charge on any atom is 0.242 e. The highest BCUT2D eigenvalue weighted by Crippen LogP contribution is 2.68. The number of benzene rings is 1. The summed E-state index contributed by atoms with van der Waals surface area (Å²) in [6.45, 7) is 6.80. The predicted molar refractivity (Wildman–Crippen MR) is 126 cm³/mol. The van der Waals surface area contributed by atoms with Crippen molar-refractivity contribution in [1.82, 2.24) is 19.7 Å². The van der Waals surface area contributed by atoms with Crippen LogP contribution >= 0.6 is 12.6 Å². The van der Waals surface area contributed by atoms with Crippen LogP contribution < -0.4 is 5.32 Å². The Labute approximate surface area is 188 Å². The van der Waals surface area contributed by atoms with E-state index in [-0.39, 0.29) is 5.41 Å². The molecule has 1 aromatic heterocycles. The molecule has 1 saturated heterocycles. The number of fused-ring (bicyclic) bond motifs is 1. The molecule has 2 unspecified atom stereocenters. The van der Waals surface area contributed by atoms with Crippen LogP contribution in [0.25, 0.3) is 0 Å². The van der Waals surface area contributed by atoms with Crippen LogP contribution in [0.4, 0.5) is 5.95 Å². The number of thiol groups is 1. The number of allylic oxidation sites excluding steroid dienone is 1. The lowest BCUT2D eigenvalue weighted by atomic mass is 9.69. The maximum atomic E-state index is 7.71. The van der Waals surface area contributed by atoms with Crippen molar-refractivity contribution in [3.63, 3.8) is 0 Å². The summed E-state index contributed by atoms with van der Waals surface area (Å²) in [4.78, 5) is 7.26. The van der Waals surface area contributed by atoms with Crippen LogP contribution in [0.5, 0.6) is 0 Å². The third kappa shape index (κ3) is 2.97. The molecule has 0 bridgehead atoms. The zero-order valence-corrected chi connectivity index (χ0v) is 18.9. The predicted octanol–water partition coefficient (Wildman–Crippen LogP) is 3.98. The molecule has 2 fully saturated rings. The van der Waals surface area contributed by atoms with Gasteiger partial charge in [0, 0.05) is 42.6 Å². The van der Waals surface area contributed by atoms with Crippen LogP contribution in [0, 0.1) is 23.7 Å². The van der Waals surface area contributed by atoms with Crippen LogP contribution in [-0.4, -0.2) is 44.5 Å². The minimum Gasteiger partial charge on any atom is -0.365 e. The smallest absolute Gasteiger partial charge is 0.242 e. The molecular weight excluding hydrogens is 404 g/mol. The van der Waals surface area contributed by atoms with Gasteiger partial charge in [0.05, 0.1) is 11.1 Å². The molecule has 7 heteroatoms. The van der Waals surface area contributed by atoms with Gasteiger partial charge >= 0.3 is 0 Å². The van der Waals surface area contributed by atoms with E-state index in [4.69, 9.17) is 15.5 Å². The van der Waals surface area contributed by atoms with Crippen LogP contribution in [0.3, 0.4) is 0 Å². The van der Waals surface area contributed by atoms with Crippen LogP contribution in [-0.2, 0) is 6.54 Å². The molecule has 4 aliphatic rings. The highest BCUT2D eigenvalue weighted by atomic mass is 32.1. The van der Waals surface area contributed by atoms with Crippen molar-refractivity contribution in [2.75, 3.05) is 18.4 Å². The summed E-state index contributed by atoms with van der Waals surface area (Å²) in [5, 5.41) is 17.1. The van der Waals surface area contributed by atoms with Crippen LogP contribution in [0.2, 0.25) is 0 Å². The zero-order chi connectivity index (χ0) is 21.3. The number of aryl methyl sites for hydroxylation is 2. The molecule has 31 heavy (non-hydrogen) atoms. The fourth-order valence-electron chi connectivity index (χ4n) is 5.80. The topological polar surface area (TPSA) is 69.8 Å². The van der Waals surface area contributed by atoms with Gasteiger partial charge in [0.2, 0.25) is 5.95 Å². The average molecular weight is 433 g/mol. The first-order valence-corrected chi connectivity index (χ1v) is 11.6. The summed E-state index contributed by atoms with van der Waals surface area (Å²) in [6.07, 6.45) is 6.51. The lowest BCUT2D eigenvalue weighted by Crippen LogP contribution is -2.46. The third-order valence-corrected chi connectivity index (χ3v) is 7.86. The Morgan fingerprint density at radius 3 is 2.90 bits per heavy atom. The normalized spacial score (nSPS) is 30.7. The van der Waals surface area contributed by atoms with Gasteiger partial charge in [-0.3, -0.25) is 0 Å². The van der Waals surface area contributed by atoms with Gasteiger partial charge in [0.1, 0.15) is 5.82 Å². The average Bonchev–Trinajstić information content (AvgIpc) is 3.02. The lowest BCUT2D eigenvalue weighted by Gasteiger charge is -2.38. The van der Waals surface area contributed by atoms with E-state index in [2.05, 4.69) is 64.8 Å². The van der Waals surface area contributed by atoms with Crippen molar-refractivity contribution in [3.05, 3.63) is 64.0 Å². The van der Waals surface area contributed by atoms with Crippen molar-refractivity contribution in [1.29, 1.82) is 5.41 Å². The Morgan fingerprint density at radius 1 is 1.32 bits per heavy atom. The van der Waals surface area contributed by atoms with Crippen LogP contribution in [0.1, 0.15) is 42.6 Å². The first kappa shape index (κ1) is 19.2. The third-order valence-electron chi connectivity index (χ3n) is 7.44. The van der Waals surface area contributed by atoms with Crippen LogP contribution in [0.15, 0.2) is 47.0 Å². The molecule has 2 aliphatic heterocycles. The Kier molecular flexibility index (Phi) is 4.16. The monoisotopic (exact) mass is 432 g/mol. The summed E-state index contributed by atoms with van der Waals surface area (Å²) >= 11 is 4.63. The van der Waals surface area contributed by atoms with E-state index >= 15 is 0 Å². The summed E-state index contributed by atoms with van der Waals surface area (Å²) < 4.78 is 2.10. The molecule has 1 saturated carbocycles. The van der Waals surface area contributed by atoms with Gasteiger partial charge in [-0.05, 0) is 43.9 Å². The van der Waals surface area contributed by atoms with Gasteiger partial charge in [0.25, 0.3) is 0 Å². The Balaban J connectivity index is 1.19. The number of hydrogen-bond donors (Lipinski definition) is 3. The number of nitrogens with zero attached hydrogens (tertiary/aromatic N) is 4. The van der Waals surface area contributed by atoms with Gasteiger partial charge in [0.15, 0.2) is 0 Å². The minimum atomic E-state index is 0.249. The number of hydrogen-bond acceptors (Lipinski definition) is 6. The van der Waals surface area contributed by atoms with E-state index in [0.717, 1.165) is 49.3 Å². The molecule has 160 valence electrons. The lowest BCUT2D eigenvalue weighted by molar-refractivity contribution is 0.302. The highest BCUT2D eigenvalue weighted by Gasteiger charge is 2.69. The SMILES string of the molecule is CC(=N)/C=C(\S)N1C[C@H]2[C@H](Nc3nc4n(n3)CCCC4c3ccc(C)cc3)C3=CC32C1. The molecular formula is C24H28N6S. The van der Waals surface area contributed by atoms with Crippen molar-refractivity contribution in [2.24, 2.45) is 11.3 Å². The van der Waals surface area contributed by atoms with Crippen molar-refractivity contribution < 1.29 is 0 Å². The molecule has 4 atom stereocenters. The standard InChI is InChI=1S/C24H28N6S/c1-14-5-7-16(8-6-14)17-4-3-9-30-22(17)27-23(28-30)26-21-18-11-24(18)13-29(12-19(21)24)20(31)10-15(2)25/h5-8,10-11,17,19,21,25,31H,3-4,9,12-13H2,1-2H3,(H,26,28)/b20-10-,25-15?/t17?,19-,21+,24?/m0/s1. The van der Waals surface area contributed by atoms with E-state index in [0.29, 0.717) is 23.6 Å². The summed E-state index contributed by atoms with van der Waals surface area (Å²) in [5.74, 6) is 2.69. The molecule has 0 amide bonds. The maximum absolute atomic E-state index is 7.71. The van der Waals surface area contributed by atoms with Gasteiger partial charge in [-0.25, -0.2) is 4.68 Å². The fraction of sp³-hybridized carbons (Fsp3) is 0.458. The van der Waals surface area contributed by atoms with E-state index in [1.165, 1.54) is 16.7 Å². The second-order valence-electron chi connectivity index (χ2n) is 9.56. The molecule has 2 N–H and O–H groups in total. The molecule has 2 aliphatic carbocycles. The number of aromatic nitrogens is 3. The van der Waals surface area contributed by atoms with Gasteiger partial charge in [-0.2, -0.15) is 4.98 Å². The molecule has 2 aromatic rings. The van der Waals surface area contributed by atoms with Crippen molar-refractivity contribution in [2.45, 2.75) is 45.2 Å². The molecule has 1 aromatic carbocycles. The van der Waals surface area contributed by atoms with E-state index in [9.17, 15) is 0 Å². The van der Waals surface area contributed by atoms with Gasteiger partial charge in [-0.1, -0.05) is 35.9 Å².